The lowest BCUT2D eigenvalue weighted by atomic mass is 9.98. The van der Waals surface area contributed by atoms with Crippen molar-refractivity contribution in [3.63, 3.8) is 0 Å². The number of carbonyl (C=O) groups is 3. The van der Waals surface area contributed by atoms with E-state index in [9.17, 15) is 14.4 Å². The van der Waals surface area contributed by atoms with Crippen LogP contribution in [0.2, 0.25) is 0 Å². The third-order valence-corrected chi connectivity index (χ3v) is 6.62. The molecule has 2 aliphatic rings. The Kier molecular flexibility index (Phi) is 8.14. The number of rotatable bonds is 2. The van der Waals surface area contributed by atoms with Crippen LogP contribution in [0.3, 0.4) is 0 Å². The minimum Gasteiger partial charge on any atom is -0.461 e. The number of hydrogen-bond donors (Lipinski definition) is 1. The van der Waals surface area contributed by atoms with Crippen LogP contribution in [-0.2, 0) is 32.1 Å². The Balaban J connectivity index is 1.60. The van der Waals surface area contributed by atoms with Crippen LogP contribution in [0.25, 0.3) is 6.08 Å². The SMILES string of the molecule is C[C@@H]1/C=C/CC(=O)OCc2ccccc2CC(=O)N2CCC[C@H]2C(=O)N[C@@H]1/C=C/c1ccccc1. The van der Waals surface area contributed by atoms with E-state index in [2.05, 4.69) is 5.32 Å². The van der Waals surface area contributed by atoms with E-state index in [4.69, 9.17) is 4.74 Å². The highest BCUT2D eigenvalue weighted by atomic mass is 16.5. The van der Waals surface area contributed by atoms with Crippen molar-refractivity contribution in [2.75, 3.05) is 6.54 Å². The molecule has 2 aromatic rings. The first-order chi connectivity index (χ1) is 17.0. The molecule has 1 fully saturated rings. The van der Waals surface area contributed by atoms with E-state index in [0.29, 0.717) is 13.0 Å². The Bertz CT molecular complexity index is 1110. The molecule has 2 aromatic carbocycles. The number of ether oxygens (including phenoxy) is 1. The smallest absolute Gasteiger partial charge is 0.309 e. The van der Waals surface area contributed by atoms with Gasteiger partial charge in [-0.15, -0.1) is 0 Å². The number of amides is 2. The van der Waals surface area contributed by atoms with Crippen molar-refractivity contribution in [1.82, 2.24) is 10.2 Å². The number of nitrogens with one attached hydrogen (secondary N) is 1. The van der Waals surface area contributed by atoms with Gasteiger partial charge in [-0.1, -0.05) is 85.8 Å². The highest BCUT2D eigenvalue weighted by Crippen LogP contribution is 2.22. The van der Waals surface area contributed by atoms with E-state index in [-0.39, 0.29) is 49.2 Å². The number of nitrogens with zero attached hydrogens (tertiary/aromatic N) is 1. The lowest BCUT2D eigenvalue weighted by Gasteiger charge is -2.28. The van der Waals surface area contributed by atoms with Crippen molar-refractivity contribution >= 4 is 23.9 Å². The van der Waals surface area contributed by atoms with Gasteiger partial charge in [0.25, 0.3) is 0 Å². The van der Waals surface area contributed by atoms with E-state index in [1.807, 2.05) is 79.7 Å². The average Bonchev–Trinajstić information content (AvgIpc) is 3.36. The van der Waals surface area contributed by atoms with E-state index in [1.165, 1.54) is 0 Å². The standard InChI is InChI=1S/C29H32N2O4/c1-21-9-7-15-28(33)35-20-24-13-6-5-12-23(24)19-27(32)31-18-8-14-26(31)29(34)30-25(21)17-16-22-10-3-2-4-11-22/h2-7,9-13,16-17,21,25-26H,8,14-15,18-20H2,1H3,(H,30,34)/b9-7+,17-16+/t21-,25-,26+/m1/s1. The highest BCUT2D eigenvalue weighted by Gasteiger charge is 2.35. The van der Waals surface area contributed by atoms with Gasteiger partial charge in [-0.25, -0.2) is 0 Å². The summed E-state index contributed by atoms with van der Waals surface area (Å²) in [4.78, 5) is 40.6. The van der Waals surface area contributed by atoms with Gasteiger partial charge in [-0.05, 0) is 35.4 Å². The fourth-order valence-corrected chi connectivity index (χ4v) is 4.58. The quantitative estimate of drug-likeness (QED) is 0.528. The average molecular weight is 473 g/mol. The first-order valence-corrected chi connectivity index (χ1v) is 12.2. The molecule has 6 nitrogen and oxygen atoms in total. The van der Waals surface area contributed by atoms with Gasteiger partial charge in [0.15, 0.2) is 0 Å². The molecule has 0 spiro atoms. The molecule has 0 radical (unpaired) electrons. The number of benzene rings is 2. The van der Waals surface area contributed by atoms with Crippen LogP contribution in [0.5, 0.6) is 0 Å². The Morgan fingerprint density at radius 3 is 2.54 bits per heavy atom. The zero-order chi connectivity index (χ0) is 24.6. The molecule has 0 unspecified atom stereocenters. The molecule has 0 bridgehead atoms. The predicted octanol–water partition coefficient (Wildman–Crippen LogP) is 4.06. The summed E-state index contributed by atoms with van der Waals surface area (Å²) in [5.74, 6) is -0.621. The third kappa shape index (κ3) is 6.47. The molecule has 1 saturated heterocycles. The molecule has 2 aliphatic heterocycles. The molecular weight excluding hydrogens is 440 g/mol. The van der Waals surface area contributed by atoms with Crippen molar-refractivity contribution in [1.29, 1.82) is 0 Å². The first-order valence-electron chi connectivity index (χ1n) is 12.2. The lowest BCUT2D eigenvalue weighted by molar-refractivity contribution is -0.143. The number of hydrogen-bond acceptors (Lipinski definition) is 4. The van der Waals surface area contributed by atoms with Gasteiger partial charge in [0.05, 0.1) is 18.9 Å². The van der Waals surface area contributed by atoms with Crippen LogP contribution in [-0.4, -0.2) is 41.3 Å². The monoisotopic (exact) mass is 472 g/mol. The Hall–Kier alpha value is -3.67. The maximum atomic E-state index is 13.4. The second-order valence-corrected chi connectivity index (χ2v) is 9.15. The van der Waals surface area contributed by atoms with Crippen molar-refractivity contribution in [3.8, 4) is 0 Å². The van der Waals surface area contributed by atoms with Gasteiger partial charge in [-0.2, -0.15) is 0 Å². The van der Waals surface area contributed by atoms with E-state index < -0.39 is 6.04 Å². The summed E-state index contributed by atoms with van der Waals surface area (Å²) >= 11 is 0. The van der Waals surface area contributed by atoms with Crippen molar-refractivity contribution in [3.05, 3.63) is 89.5 Å². The number of fused-ring (bicyclic) bond motifs is 2. The summed E-state index contributed by atoms with van der Waals surface area (Å²) in [6.07, 6.45) is 9.44. The molecule has 6 heteroatoms. The molecule has 0 aliphatic carbocycles. The number of carbonyl (C=O) groups excluding carboxylic acids is 3. The van der Waals surface area contributed by atoms with Crippen molar-refractivity contribution in [2.45, 2.75) is 51.3 Å². The molecule has 0 saturated carbocycles. The third-order valence-electron chi connectivity index (χ3n) is 6.62. The van der Waals surface area contributed by atoms with Crippen LogP contribution >= 0.6 is 0 Å². The maximum Gasteiger partial charge on any atom is 0.309 e. The molecular formula is C29H32N2O4. The predicted molar refractivity (Wildman–Crippen MR) is 135 cm³/mol. The summed E-state index contributed by atoms with van der Waals surface area (Å²) in [5, 5.41) is 3.15. The summed E-state index contributed by atoms with van der Waals surface area (Å²) < 4.78 is 5.48. The summed E-state index contributed by atoms with van der Waals surface area (Å²) in [5.41, 5.74) is 2.66. The first kappa shape index (κ1) is 24.5. The summed E-state index contributed by atoms with van der Waals surface area (Å²) in [6, 6.07) is 16.6. The van der Waals surface area contributed by atoms with Crippen LogP contribution < -0.4 is 5.32 Å². The number of esters is 1. The minimum atomic E-state index is -0.482. The maximum absolute atomic E-state index is 13.4. The second kappa shape index (κ2) is 11.6. The molecule has 182 valence electrons. The van der Waals surface area contributed by atoms with Gasteiger partial charge in [0.2, 0.25) is 11.8 Å². The largest absolute Gasteiger partial charge is 0.461 e. The molecule has 2 heterocycles. The van der Waals surface area contributed by atoms with E-state index in [0.717, 1.165) is 23.1 Å². The molecule has 3 atom stereocenters. The van der Waals surface area contributed by atoms with Gasteiger partial charge in [0.1, 0.15) is 12.6 Å². The van der Waals surface area contributed by atoms with Crippen molar-refractivity contribution in [2.24, 2.45) is 5.92 Å². The number of cyclic esters (lactones) is 1. The minimum absolute atomic E-state index is 0.0640. The Morgan fingerprint density at radius 1 is 1.00 bits per heavy atom. The normalized spacial score (nSPS) is 25.0. The Labute approximate surface area is 206 Å². The second-order valence-electron chi connectivity index (χ2n) is 9.15. The molecule has 2 amide bonds. The zero-order valence-corrected chi connectivity index (χ0v) is 20.1. The van der Waals surface area contributed by atoms with Gasteiger partial charge >= 0.3 is 5.97 Å². The topological polar surface area (TPSA) is 75.7 Å². The van der Waals surface area contributed by atoms with Gasteiger partial charge in [-0.3, -0.25) is 14.4 Å². The summed E-state index contributed by atoms with van der Waals surface area (Å²) in [6.45, 7) is 2.69. The highest BCUT2D eigenvalue weighted by molar-refractivity contribution is 5.89. The molecule has 35 heavy (non-hydrogen) atoms. The fraction of sp³-hybridized carbons (Fsp3) is 0.345. The lowest BCUT2D eigenvalue weighted by Crippen LogP contribution is -2.50. The van der Waals surface area contributed by atoms with E-state index >= 15 is 0 Å². The summed E-state index contributed by atoms with van der Waals surface area (Å²) in [7, 11) is 0. The van der Waals surface area contributed by atoms with Gasteiger partial charge in [0, 0.05) is 6.54 Å². The van der Waals surface area contributed by atoms with Gasteiger partial charge < -0.3 is 15.0 Å². The molecule has 4 rings (SSSR count). The zero-order valence-electron chi connectivity index (χ0n) is 20.1. The molecule has 0 aromatic heterocycles. The van der Waals surface area contributed by atoms with Crippen LogP contribution in [0.15, 0.2) is 72.8 Å². The van der Waals surface area contributed by atoms with Crippen LogP contribution in [0, 0.1) is 5.92 Å². The Morgan fingerprint density at radius 2 is 1.74 bits per heavy atom. The van der Waals surface area contributed by atoms with Crippen LogP contribution in [0.1, 0.15) is 42.9 Å². The van der Waals surface area contributed by atoms with Crippen LogP contribution in [0.4, 0.5) is 0 Å². The molecule has 1 N–H and O–H groups in total. The fourth-order valence-electron chi connectivity index (χ4n) is 4.58. The van der Waals surface area contributed by atoms with E-state index in [1.54, 1.807) is 11.0 Å². The van der Waals surface area contributed by atoms with Crippen molar-refractivity contribution < 1.29 is 19.1 Å².